The predicted octanol–water partition coefficient (Wildman–Crippen LogP) is -0.0935. The van der Waals surface area contributed by atoms with E-state index in [-0.39, 0.29) is 0 Å². The summed E-state index contributed by atoms with van der Waals surface area (Å²) >= 11 is 0. The molecule has 0 fully saturated rings. The second-order valence-electron chi connectivity index (χ2n) is 1.40. The van der Waals surface area contributed by atoms with E-state index in [1.807, 2.05) is 0 Å². The van der Waals surface area contributed by atoms with Gasteiger partial charge >= 0.3 is 13.6 Å². The summed E-state index contributed by atoms with van der Waals surface area (Å²) in [6.07, 6.45) is -0.461. The second-order valence-corrected chi connectivity index (χ2v) is 1.40. The Morgan fingerprint density at radius 2 is 2.57 bits per heavy atom. The molecule has 0 saturated heterocycles. The van der Waals surface area contributed by atoms with Gasteiger partial charge in [-0.3, -0.25) is 0 Å². The minimum atomic E-state index is -0.461. The van der Waals surface area contributed by atoms with Crippen molar-refractivity contribution < 1.29 is 9.45 Å². The molecular weight excluding hydrogens is 92.8 g/mol. The minimum Gasteiger partial charge on any atom is -0.516 e. The largest absolute Gasteiger partial charge is 0.516 e. The second kappa shape index (κ2) is 1.37. The van der Waals surface area contributed by atoms with Gasteiger partial charge in [-0.15, -0.1) is 0 Å². The van der Waals surface area contributed by atoms with E-state index in [4.69, 9.17) is 0 Å². The quantitative estimate of drug-likeness (QED) is 0.396. The third kappa shape index (κ3) is 0.794. The van der Waals surface area contributed by atoms with E-state index in [0.29, 0.717) is 7.48 Å². The monoisotopic (exact) mass is 97.0 g/mol. The summed E-state index contributed by atoms with van der Waals surface area (Å²) in [4.78, 5) is 13.5. The molecular formula is C3H4BNO2. The van der Waals surface area contributed by atoms with Crippen LogP contribution in [0.25, 0.3) is 0 Å². The first kappa shape index (κ1) is 4.37. The highest BCUT2D eigenvalue weighted by atomic mass is 16.5. The molecule has 0 saturated carbocycles. The normalized spacial score (nSPS) is 17.9. The molecule has 0 spiro atoms. The van der Waals surface area contributed by atoms with Crippen molar-refractivity contribution in [2.45, 2.75) is 6.92 Å². The summed E-state index contributed by atoms with van der Waals surface area (Å²) in [5.74, 6) is 0. The Hall–Kier alpha value is -0.795. The van der Waals surface area contributed by atoms with Crippen molar-refractivity contribution in [2.24, 2.45) is 4.99 Å². The number of carbonyl (C=O) groups is 1. The maximum absolute atomic E-state index is 10.0. The van der Waals surface area contributed by atoms with Gasteiger partial charge in [0.15, 0.2) is 0 Å². The summed E-state index contributed by atoms with van der Waals surface area (Å²) in [6, 6.07) is 0. The molecule has 1 heterocycles. The van der Waals surface area contributed by atoms with Crippen LogP contribution in [0.4, 0.5) is 4.79 Å². The topological polar surface area (TPSA) is 38.7 Å². The summed E-state index contributed by atoms with van der Waals surface area (Å²) in [5, 5.41) is 0. The number of amides is 1. The highest BCUT2D eigenvalue weighted by molar-refractivity contribution is 6.73. The zero-order chi connectivity index (χ0) is 5.28. The van der Waals surface area contributed by atoms with Crippen LogP contribution in [-0.4, -0.2) is 19.2 Å². The lowest BCUT2D eigenvalue weighted by molar-refractivity contribution is 0.217. The Kier molecular flexibility index (Phi) is 0.853. The Labute approximate surface area is 41.7 Å². The SMILES string of the molecule is CC1=NC(=O)OB1. The van der Waals surface area contributed by atoms with Crippen molar-refractivity contribution in [3.8, 4) is 0 Å². The Bertz CT molecular complexity index is 131. The lowest BCUT2D eigenvalue weighted by atomic mass is 9.95. The first-order valence-electron chi connectivity index (χ1n) is 2.00. The molecule has 0 aromatic rings. The van der Waals surface area contributed by atoms with E-state index in [1.165, 1.54) is 0 Å². The molecule has 1 aliphatic heterocycles. The zero-order valence-electron chi connectivity index (χ0n) is 3.97. The maximum atomic E-state index is 10.0. The summed E-state index contributed by atoms with van der Waals surface area (Å²) in [5.41, 5.74) is 0.755. The van der Waals surface area contributed by atoms with E-state index in [1.54, 1.807) is 6.92 Å². The van der Waals surface area contributed by atoms with Gasteiger partial charge in [0, 0.05) is 5.61 Å². The fraction of sp³-hybridized carbons (Fsp3) is 0.333. The number of nitrogens with zero attached hydrogens (tertiary/aromatic N) is 1. The molecule has 0 radical (unpaired) electrons. The van der Waals surface area contributed by atoms with Crippen LogP contribution in [0.15, 0.2) is 4.99 Å². The predicted molar refractivity (Wildman–Crippen MR) is 26.7 cm³/mol. The molecule has 7 heavy (non-hydrogen) atoms. The highest BCUT2D eigenvalue weighted by Crippen LogP contribution is 1.92. The van der Waals surface area contributed by atoms with Gasteiger partial charge in [-0.05, 0) is 6.92 Å². The van der Waals surface area contributed by atoms with Gasteiger partial charge in [0.2, 0.25) is 0 Å². The van der Waals surface area contributed by atoms with Gasteiger partial charge in [-0.25, -0.2) is 4.79 Å². The van der Waals surface area contributed by atoms with Crippen molar-refractivity contribution in [3.05, 3.63) is 0 Å². The summed E-state index contributed by atoms with van der Waals surface area (Å²) in [6.45, 7) is 1.75. The number of hydrogen-bond acceptors (Lipinski definition) is 2. The van der Waals surface area contributed by atoms with Crippen LogP contribution in [0.2, 0.25) is 0 Å². The molecule has 1 aliphatic rings. The molecule has 4 heteroatoms. The molecule has 0 N–H and O–H groups in total. The van der Waals surface area contributed by atoms with Crippen molar-refractivity contribution in [1.82, 2.24) is 0 Å². The zero-order valence-corrected chi connectivity index (χ0v) is 3.97. The first-order chi connectivity index (χ1) is 3.29. The van der Waals surface area contributed by atoms with Crippen molar-refractivity contribution in [3.63, 3.8) is 0 Å². The number of rotatable bonds is 0. The highest BCUT2D eigenvalue weighted by Gasteiger charge is 2.11. The van der Waals surface area contributed by atoms with Crippen LogP contribution in [-0.2, 0) is 4.65 Å². The van der Waals surface area contributed by atoms with Crippen molar-refractivity contribution >= 4 is 19.2 Å². The van der Waals surface area contributed by atoms with Gasteiger partial charge in [0.1, 0.15) is 0 Å². The lowest BCUT2D eigenvalue weighted by Gasteiger charge is -1.80. The Morgan fingerprint density at radius 1 is 1.86 bits per heavy atom. The molecule has 0 aliphatic carbocycles. The Morgan fingerprint density at radius 3 is 2.71 bits per heavy atom. The standard InChI is InChI=1S/C3H4BNO2/c1-2-4-7-3(6)5-2/h4H,1H3. The fourth-order valence-electron chi connectivity index (χ4n) is 0.387. The van der Waals surface area contributed by atoms with E-state index in [0.717, 1.165) is 5.61 Å². The molecule has 0 aromatic carbocycles. The van der Waals surface area contributed by atoms with Gasteiger partial charge in [-0.2, -0.15) is 4.99 Å². The molecule has 3 nitrogen and oxygen atoms in total. The van der Waals surface area contributed by atoms with Crippen LogP contribution < -0.4 is 0 Å². The van der Waals surface area contributed by atoms with Gasteiger partial charge < -0.3 is 4.65 Å². The minimum absolute atomic E-state index is 0.374. The van der Waals surface area contributed by atoms with Crippen molar-refractivity contribution in [2.75, 3.05) is 0 Å². The molecule has 36 valence electrons. The summed E-state index contributed by atoms with van der Waals surface area (Å²) in [7, 11) is 0.374. The van der Waals surface area contributed by atoms with Crippen molar-refractivity contribution in [1.29, 1.82) is 0 Å². The molecule has 0 aromatic heterocycles. The molecule has 0 bridgehead atoms. The number of hydrogen-bond donors (Lipinski definition) is 0. The fourth-order valence-corrected chi connectivity index (χ4v) is 0.387. The smallest absolute Gasteiger partial charge is 0.415 e. The van der Waals surface area contributed by atoms with Crippen LogP contribution in [0.5, 0.6) is 0 Å². The van der Waals surface area contributed by atoms with Gasteiger partial charge in [-0.1, -0.05) is 0 Å². The van der Waals surface area contributed by atoms with Gasteiger partial charge in [0.05, 0.1) is 0 Å². The summed E-state index contributed by atoms with van der Waals surface area (Å²) < 4.78 is 4.42. The van der Waals surface area contributed by atoms with Crippen LogP contribution in [0.3, 0.4) is 0 Å². The average Bonchev–Trinajstić information content (AvgIpc) is 1.87. The average molecular weight is 96.9 g/mol. The van der Waals surface area contributed by atoms with Crippen LogP contribution in [0.1, 0.15) is 6.92 Å². The maximum Gasteiger partial charge on any atom is 0.415 e. The van der Waals surface area contributed by atoms with Gasteiger partial charge in [0.25, 0.3) is 0 Å². The lowest BCUT2D eigenvalue weighted by Crippen LogP contribution is -1.99. The van der Waals surface area contributed by atoms with Crippen LogP contribution in [0, 0.1) is 0 Å². The van der Waals surface area contributed by atoms with Crippen LogP contribution >= 0.6 is 0 Å². The molecule has 1 amide bonds. The number of aliphatic imine (C=N–C) groups is 1. The molecule has 1 rings (SSSR count). The third-order valence-electron chi connectivity index (χ3n) is 0.687. The Balaban J connectivity index is 2.67. The number of carbonyl (C=O) groups excluding carboxylic acids is 1. The first-order valence-corrected chi connectivity index (χ1v) is 2.00. The van der Waals surface area contributed by atoms with E-state index >= 15 is 0 Å². The van der Waals surface area contributed by atoms with E-state index in [9.17, 15) is 4.79 Å². The molecule has 0 unspecified atom stereocenters. The van der Waals surface area contributed by atoms with E-state index in [2.05, 4.69) is 9.65 Å². The van der Waals surface area contributed by atoms with E-state index < -0.39 is 6.09 Å². The molecule has 0 atom stereocenters. The third-order valence-corrected chi connectivity index (χ3v) is 0.687.